The third-order valence-electron chi connectivity index (χ3n) is 8.13. The number of carbonyl (C=O) groups excluding carboxylic acids is 1. The van der Waals surface area contributed by atoms with Crippen LogP contribution in [0.4, 0.5) is 17.6 Å². The molecule has 2 aromatic heterocycles. The Morgan fingerprint density at radius 1 is 0.667 bits per heavy atom. The third kappa shape index (κ3) is 9.69. The van der Waals surface area contributed by atoms with Crippen LogP contribution in [-0.4, -0.2) is 34.1 Å². The first-order valence-corrected chi connectivity index (χ1v) is 20.1. The molecular weight excluding hydrogens is 934 g/mol. The van der Waals surface area contributed by atoms with Crippen LogP contribution in [0.1, 0.15) is 26.3 Å². The number of methoxy groups -OCH3 is 1. The van der Waals surface area contributed by atoms with Crippen LogP contribution in [-0.2, 0) is 10.9 Å². The van der Waals surface area contributed by atoms with Crippen LogP contribution in [0.5, 0.6) is 0 Å². The number of alkyl halides is 3. The summed E-state index contributed by atoms with van der Waals surface area (Å²) in [5.41, 5.74) is 2.44. The van der Waals surface area contributed by atoms with Crippen molar-refractivity contribution in [1.82, 2.24) is 9.97 Å². The Morgan fingerprint density at radius 3 is 1.65 bits per heavy atom. The van der Waals surface area contributed by atoms with E-state index < -0.39 is 35.1 Å². The van der Waals surface area contributed by atoms with Gasteiger partial charge in [0.2, 0.25) is 0 Å². The lowest BCUT2D eigenvalue weighted by molar-refractivity contribution is -0.137. The second kappa shape index (κ2) is 17.7. The van der Waals surface area contributed by atoms with Crippen molar-refractivity contribution in [2.75, 3.05) is 7.11 Å². The maximum absolute atomic E-state index is 13.5. The average Bonchev–Trinajstić information content (AvgIpc) is 3.88. The topological polar surface area (TPSA) is 89.4 Å². The predicted molar refractivity (Wildman–Crippen MR) is 222 cm³/mol. The van der Waals surface area contributed by atoms with Gasteiger partial charge in [-0.15, -0.1) is 22.7 Å². The monoisotopic (exact) mass is 952 g/mol. The molecule has 7 rings (SSSR count). The molecule has 0 saturated heterocycles. The van der Waals surface area contributed by atoms with E-state index in [1.165, 1.54) is 48.0 Å². The normalized spacial score (nSPS) is 11.2. The molecular formula is C40H21BrCl4F4N2O4S2. The lowest BCUT2D eigenvalue weighted by Crippen LogP contribution is -2.09. The average molecular weight is 955 g/mol. The van der Waals surface area contributed by atoms with Gasteiger partial charge >= 0.3 is 18.1 Å². The number of halogens is 9. The van der Waals surface area contributed by atoms with E-state index in [4.69, 9.17) is 51.1 Å². The van der Waals surface area contributed by atoms with Crippen molar-refractivity contribution in [3.8, 4) is 54.8 Å². The van der Waals surface area contributed by atoms with Gasteiger partial charge in [-0.05, 0) is 81.7 Å². The fourth-order valence-electron chi connectivity index (χ4n) is 5.39. The van der Waals surface area contributed by atoms with Crippen molar-refractivity contribution in [3.63, 3.8) is 0 Å². The van der Waals surface area contributed by atoms with Crippen LogP contribution < -0.4 is 0 Å². The van der Waals surface area contributed by atoms with Crippen molar-refractivity contribution in [2.24, 2.45) is 0 Å². The van der Waals surface area contributed by atoms with Gasteiger partial charge in [0.05, 0.1) is 55.3 Å². The van der Waals surface area contributed by atoms with E-state index in [-0.39, 0.29) is 11.1 Å². The highest BCUT2D eigenvalue weighted by atomic mass is 79.9. The molecule has 57 heavy (non-hydrogen) atoms. The number of hydrogen-bond acceptors (Lipinski definition) is 7. The van der Waals surface area contributed by atoms with Gasteiger partial charge in [-0.25, -0.2) is 23.9 Å². The smallest absolute Gasteiger partial charge is 0.417 e. The van der Waals surface area contributed by atoms with Crippen molar-refractivity contribution < 1.29 is 37.0 Å². The van der Waals surface area contributed by atoms with Crippen molar-refractivity contribution in [2.45, 2.75) is 6.18 Å². The summed E-state index contributed by atoms with van der Waals surface area (Å²) in [4.78, 5) is 32.8. The summed E-state index contributed by atoms with van der Waals surface area (Å²) in [6.45, 7) is 0. The molecule has 2 heterocycles. The van der Waals surface area contributed by atoms with E-state index in [2.05, 4.69) is 25.9 Å². The van der Waals surface area contributed by atoms with Crippen LogP contribution in [0.25, 0.3) is 54.8 Å². The van der Waals surface area contributed by atoms with Crippen molar-refractivity contribution >= 4 is 96.9 Å². The van der Waals surface area contributed by atoms with Crippen LogP contribution in [0.2, 0.25) is 20.1 Å². The zero-order valence-corrected chi connectivity index (χ0v) is 34.8. The zero-order chi connectivity index (χ0) is 41.2. The van der Waals surface area contributed by atoms with Crippen molar-refractivity contribution in [1.29, 1.82) is 0 Å². The third-order valence-corrected chi connectivity index (χ3v) is 12.1. The molecule has 0 aliphatic carbocycles. The van der Waals surface area contributed by atoms with Gasteiger partial charge in [0.1, 0.15) is 15.8 Å². The first-order valence-electron chi connectivity index (χ1n) is 16.0. The van der Waals surface area contributed by atoms with E-state index in [1.807, 2.05) is 23.6 Å². The quantitative estimate of drug-likeness (QED) is 0.126. The standard InChI is InChI=1S/C23H11Cl2F4NO2S.C17H10BrCl2NO2S/c24-18-6-2-11(8-19(18)25)20-10-33-21(30-20)12-1-4-14(16(7-12)22(31)32)15-5-3-13(26)9-17(15)23(27,28)29;1-23-17(22)11-6-10(2-4-12(11)18)16-21-15(8-24-16)9-3-5-13(19)14(20)7-9/h1-10H,(H,31,32);2-8H,1H3. The molecule has 290 valence electrons. The number of esters is 1. The number of carboxylic acids is 1. The lowest BCUT2D eigenvalue weighted by atomic mass is 9.93. The highest BCUT2D eigenvalue weighted by Gasteiger charge is 2.35. The summed E-state index contributed by atoms with van der Waals surface area (Å²) in [6.07, 6.45) is -4.87. The Balaban J connectivity index is 0.000000203. The molecule has 0 spiro atoms. The maximum Gasteiger partial charge on any atom is 0.417 e. The highest BCUT2D eigenvalue weighted by molar-refractivity contribution is 9.10. The van der Waals surface area contributed by atoms with Crippen LogP contribution in [0, 0.1) is 5.82 Å². The van der Waals surface area contributed by atoms with Gasteiger partial charge < -0.3 is 9.84 Å². The number of ether oxygens (including phenoxy) is 1. The summed E-state index contributed by atoms with van der Waals surface area (Å²) >= 11 is 30.1. The number of nitrogens with zero attached hydrogens (tertiary/aromatic N) is 2. The van der Waals surface area contributed by atoms with Gasteiger partial charge in [-0.1, -0.05) is 82.8 Å². The molecule has 6 nitrogen and oxygen atoms in total. The molecule has 7 aromatic rings. The van der Waals surface area contributed by atoms with Gasteiger partial charge in [-0.2, -0.15) is 13.2 Å². The minimum absolute atomic E-state index is 0.181. The van der Waals surface area contributed by atoms with Gasteiger partial charge in [0.15, 0.2) is 0 Å². The van der Waals surface area contributed by atoms with E-state index in [9.17, 15) is 32.3 Å². The number of rotatable bonds is 7. The van der Waals surface area contributed by atoms with Gasteiger partial charge in [-0.3, -0.25) is 0 Å². The number of hydrogen-bond donors (Lipinski definition) is 1. The van der Waals surface area contributed by atoms with Crippen LogP contribution >= 0.6 is 85.0 Å². The summed E-state index contributed by atoms with van der Waals surface area (Å²) in [7, 11) is 1.35. The predicted octanol–water partition coefficient (Wildman–Crippen LogP) is 14.6. The highest BCUT2D eigenvalue weighted by Crippen LogP contribution is 2.41. The lowest BCUT2D eigenvalue weighted by Gasteiger charge is -2.15. The molecule has 5 aromatic carbocycles. The first-order chi connectivity index (χ1) is 27.0. The fourth-order valence-corrected chi connectivity index (χ4v) is 8.05. The van der Waals surface area contributed by atoms with Crippen molar-refractivity contribution in [3.05, 3.63) is 149 Å². The molecule has 0 saturated carbocycles. The Kier molecular flexibility index (Phi) is 13.1. The van der Waals surface area contributed by atoms with Gasteiger partial charge in [0, 0.05) is 37.5 Å². The molecule has 0 aliphatic heterocycles. The molecule has 0 unspecified atom stereocenters. The molecule has 0 radical (unpaired) electrons. The molecule has 0 atom stereocenters. The number of carbonyl (C=O) groups is 2. The summed E-state index contributed by atoms with van der Waals surface area (Å²) in [5.74, 6) is -2.90. The minimum Gasteiger partial charge on any atom is -0.478 e. The largest absolute Gasteiger partial charge is 0.478 e. The maximum atomic E-state index is 13.5. The summed E-state index contributed by atoms with van der Waals surface area (Å²) in [5, 5.41) is 16.4. The number of aromatic carboxylic acids is 1. The minimum atomic E-state index is -4.87. The zero-order valence-electron chi connectivity index (χ0n) is 28.6. The molecule has 0 fully saturated rings. The first kappa shape index (κ1) is 42.3. The number of carboxylic acid groups (broad SMARTS) is 1. The fraction of sp³-hybridized carbons (Fsp3) is 0.0500. The second-order valence-electron chi connectivity index (χ2n) is 11.8. The van der Waals surface area contributed by atoms with E-state index >= 15 is 0 Å². The van der Waals surface area contributed by atoms with Gasteiger partial charge in [0.25, 0.3) is 0 Å². The molecule has 0 aliphatic rings. The number of aromatic nitrogens is 2. The SMILES string of the molecule is COC(=O)c1cc(-c2nc(-c3ccc(Cl)c(Cl)c3)cs2)ccc1Br.O=C(O)c1cc(-c2nc(-c3ccc(Cl)c(Cl)c3)cs2)ccc1-c1ccc(F)cc1C(F)(F)F. The summed E-state index contributed by atoms with van der Waals surface area (Å²) < 4.78 is 59.4. The Labute approximate surface area is 358 Å². The van der Waals surface area contributed by atoms with Crippen LogP contribution in [0.15, 0.2) is 106 Å². The van der Waals surface area contributed by atoms with E-state index in [1.54, 1.807) is 41.8 Å². The second-order valence-corrected chi connectivity index (χ2v) is 16.0. The molecule has 1 N–H and O–H groups in total. The van der Waals surface area contributed by atoms with Crippen LogP contribution in [0.3, 0.4) is 0 Å². The van der Waals surface area contributed by atoms with E-state index in [0.717, 1.165) is 34.0 Å². The molecule has 0 amide bonds. The Hall–Kier alpha value is -4.34. The van der Waals surface area contributed by atoms with E-state index in [0.29, 0.717) is 58.0 Å². The Bertz CT molecular complexity index is 2670. The Morgan fingerprint density at radius 2 is 1.16 bits per heavy atom. The summed E-state index contributed by atoms with van der Waals surface area (Å²) in [6, 6.07) is 22.0. The number of thiazole rings is 2. The molecule has 0 bridgehead atoms. The molecule has 17 heteroatoms. The number of benzene rings is 5.